The Labute approximate surface area is 115 Å². The quantitative estimate of drug-likeness (QED) is 0.747. The molecule has 0 saturated carbocycles. The molecule has 1 aromatic carbocycles. The minimum Gasteiger partial charge on any atom is -0.338 e. The summed E-state index contributed by atoms with van der Waals surface area (Å²) in [5, 5.41) is 0. The molecule has 0 fully saturated rings. The number of rotatable bonds is 5. The van der Waals surface area contributed by atoms with Crippen LogP contribution >= 0.6 is 11.6 Å². The minimum atomic E-state index is -0.500. The molecule has 0 N–H and O–H groups in total. The Balaban J connectivity index is 2.86. The molecule has 0 bridgehead atoms. The molecular formula is C15H22ClNO. The lowest BCUT2D eigenvalue weighted by molar-refractivity contribution is -0.139. The van der Waals surface area contributed by atoms with Crippen molar-refractivity contribution in [3.8, 4) is 0 Å². The van der Waals surface area contributed by atoms with E-state index >= 15 is 0 Å². The van der Waals surface area contributed by atoms with Crippen LogP contribution in [-0.2, 0) is 11.3 Å². The van der Waals surface area contributed by atoms with E-state index in [2.05, 4.69) is 19.1 Å². The van der Waals surface area contributed by atoms with Crippen LogP contribution in [0, 0.1) is 12.3 Å². The number of nitrogens with zero attached hydrogens (tertiary/aromatic N) is 1. The fourth-order valence-corrected chi connectivity index (χ4v) is 1.92. The molecule has 0 aromatic heterocycles. The lowest BCUT2D eigenvalue weighted by atomic mass is 9.94. The van der Waals surface area contributed by atoms with Gasteiger partial charge in [-0.25, -0.2) is 0 Å². The summed E-state index contributed by atoms with van der Waals surface area (Å²) in [5.41, 5.74) is 1.91. The number of hydrogen-bond acceptors (Lipinski definition) is 1. The Bertz CT molecular complexity index is 415. The van der Waals surface area contributed by atoms with E-state index in [1.165, 1.54) is 11.1 Å². The number of benzene rings is 1. The van der Waals surface area contributed by atoms with Crippen molar-refractivity contribution in [2.75, 3.05) is 12.4 Å². The van der Waals surface area contributed by atoms with Gasteiger partial charge in [0.1, 0.15) is 0 Å². The van der Waals surface area contributed by atoms with Crippen molar-refractivity contribution in [2.45, 2.75) is 34.2 Å². The lowest BCUT2D eigenvalue weighted by Crippen LogP contribution is -2.41. The molecule has 0 heterocycles. The minimum absolute atomic E-state index is 0.114. The maximum atomic E-state index is 12.4. The van der Waals surface area contributed by atoms with Crippen molar-refractivity contribution < 1.29 is 4.79 Å². The maximum absolute atomic E-state index is 12.4. The van der Waals surface area contributed by atoms with E-state index in [1.807, 2.05) is 37.8 Å². The van der Waals surface area contributed by atoms with Gasteiger partial charge in [-0.05, 0) is 38.8 Å². The summed E-state index contributed by atoms with van der Waals surface area (Å²) in [5.74, 6) is 0.457. The monoisotopic (exact) mass is 267 g/mol. The van der Waals surface area contributed by atoms with E-state index in [4.69, 9.17) is 11.6 Å². The molecule has 0 spiro atoms. The highest BCUT2D eigenvalue weighted by Crippen LogP contribution is 2.22. The molecule has 0 aliphatic heterocycles. The highest BCUT2D eigenvalue weighted by atomic mass is 35.5. The topological polar surface area (TPSA) is 20.3 Å². The summed E-state index contributed by atoms with van der Waals surface area (Å²) in [7, 11) is 0. The smallest absolute Gasteiger partial charge is 0.229 e. The standard InChI is InChI=1S/C15H22ClNO/c1-5-17(14(18)15(3,4)11-16)10-13-9-7-6-8-12(13)2/h6-9H,5,10-11H2,1-4H3. The number of amides is 1. The zero-order chi connectivity index (χ0) is 13.8. The van der Waals surface area contributed by atoms with Crippen LogP contribution in [0.5, 0.6) is 0 Å². The molecule has 2 nitrogen and oxygen atoms in total. The second-order valence-electron chi connectivity index (χ2n) is 5.26. The molecule has 0 unspecified atom stereocenters. The second kappa shape index (κ2) is 6.24. The van der Waals surface area contributed by atoms with Crippen LogP contribution in [0.1, 0.15) is 31.9 Å². The third kappa shape index (κ3) is 3.49. The SMILES string of the molecule is CCN(Cc1ccccc1C)C(=O)C(C)(C)CCl. The molecule has 1 amide bonds. The molecule has 1 rings (SSSR count). The molecule has 0 aliphatic rings. The van der Waals surface area contributed by atoms with Gasteiger partial charge in [0.2, 0.25) is 5.91 Å². The van der Waals surface area contributed by atoms with Crippen LogP contribution in [0.3, 0.4) is 0 Å². The van der Waals surface area contributed by atoms with E-state index in [0.717, 1.165) is 0 Å². The van der Waals surface area contributed by atoms with Crippen molar-refractivity contribution in [3.05, 3.63) is 35.4 Å². The summed E-state index contributed by atoms with van der Waals surface area (Å²) in [6.45, 7) is 9.21. The van der Waals surface area contributed by atoms with E-state index in [-0.39, 0.29) is 5.91 Å². The molecular weight excluding hydrogens is 246 g/mol. The van der Waals surface area contributed by atoms with Crippen LogP contribution in [0.25, 0.3) is 0 Å². The lowest BCUT2D eigenvalue weighted by Gasteiger charge is -2.30. The predicted octanol–water partition coefficient (Wildman–Crippen LogP) is 3.61. The summed E-state index contributed by atoms with van der Waals surface area (Å²) < 4.78 is 0. The average Bonchev–Trinajstić information content (AvgIpc) is 2.37. The number of alkyl halides is 1. The Morgan fingerprint density at radius 1 is 1.33 bits per heavy atom. The van der Waals surface area contributed by atoms with Gasteiger partial charge in [-0.15, -0.1) is 11.6 Å². The van der Waals surface area contributed by atoms with Crippen LogP contribution in [0.15, 0.2) is 24.3 Å². The molecule has 18 heavy (non-hydrogen) atoms. The largest absolute Gasteiger partial charge is 0.338 e. The Morgan fingerprint density at radius 2 is 1.94 bits per heavy atom. The zero-order valence-electron chi connectivity index (χ0n) is 11.7. The van der Waals surface area contributed by atoms with Crippen molar-refractivity contribution in [3.63, 3.8) is 0 Å². The number of hydrogen-bond donors (Lipinski definition) is 0. The van der Waals surface area contributed by atoms with E-state index in [0.29, 0.717) is 19.0 Å². The second-order valence-corrected chi connectivity index (χ2v) is 5.53. The molecule has 100 valence electrons. The van der Waals surface area contributed by atoms with E-state index in [1.54, 1.807) is 0 Å². The molecule has 3 heteroatoms. The van der Waals surface area contributed by atoms with Gasteiger partial charge < -0.3 is 4.90 Å². The van der Waals surface area contributed by atoms with Gasteiger partial charge in [0.15, 0.2) is 0 Å². The van der Waals surface area contributed by atoms with Gasteiger partial charge >= 0.3 is 0 Å². The zero-order valence-corrected chi connectivity index (χ0v) is 12.4. The van der Waals surface area contributed by atoms with Gasteiger partial charge in [0.25, 0.3) is 0 Å². The molecule has 1 aromatic rings. The van der Waals surface area contributed by atoms with Gasteiger partial charge in [0.05, 0.1) is 5.41 Å². The normalized spacial score (nSPS) is 11.4. The highest BCUT2D eigenvalue weighted by molar-refractivity contribution is 6.19. The Hall–Kier alpha value is -1.02. The summed E-state index contributed by atoms with van der Waals surface area (Å²) in [6.07, 6.45) is 0. The fourth-order valence-electron chi connectivity index (χ4n) is 1.81. The highest BCUT2D eigenvalue weighted by Gasteiger charge is 2.30. The number of aryl methyl sites for hydroxylation is 1. The molecule has 0 saturated heterocycles. The average molecular weight is 268 g/mol. The molecule has 0 radical (unpaired) electrons. The first kappa shape index (κ1) is 15.0. The van der Waals surface area contributed by atoms with Gasteiger partial charge in [-0.3, -0.25) is 4.79 Å². The van der Waals surface area contributed by atoms with Crippen LogP contribution in [-0.4, -0.2) is 23.2 Å². The predicted molar refractivity (Wildman–Crippen MR) is 76.8 cm³/mol. The van der Waals surface area contributed by atoms with Gasteiger partial charge in [0, 0.05) is 19.0 Å². The maximum Gasteiger partial charge on any atom is 0.229 e. The summed E-state index contributed by atoms with van der Waals surface area (Å²) in [4.78, 5) is 14.2. The fraction of sp³-hybridized carbons (Fsp3) is 0.533. The van der Waals surface area contributed by atoms with Crippen LogP contribution < -0.4 is 0 Å². The van der Waals surface area contributed by atoms with Crippen molar-refractivity contribution in [1.29, 1.82) is 0 Å². The third-order valence-corrected chi connectivity index (χ3v) is 3.87. The summed E-state index contributed by atoms with van der Waals surface area (Å²) in [6, 6.07) is 8.16. The van der Waals surface area contributed by atoms with E-state index in [9.17, 15) is 4.79 Å². The number of halogens is 1. The van der Waals surface area contributed by atoms with Crippen molar-refractivity contribution in [2.24, 2.45) is 5.41 Å². The molecule has 0 aliphatic carbocycles. The van der Waals surface area contributed by atoms with Gasteiger partial charge in [-0.1, -0.05) is 24.3 Å². The Morgan fingerprint density at radius 3 is 2.44 bits per heavy atom. The first-order chi connectivity index (χ1) is 8.42. The Kier molecular flexibility index (Phi) is 5.21. The third-order valence-electron chi connectivity index (χ3n) is 3.20. The van der Waals surface area contributed by atoms with Crippen molar-refractivity contribution in [1.82, 2.24) is 4.90 Å². The summed E-state index contributed by atoms with van der Waals surface area (Å²) >= 11 is 5.88. The van der Waals surface area contributed by atoms with Crippen LogP contribution in [0.4, 0.5) is 0 Å². The van der Waals surface area contributed by atoms with E-state index < -0.39 is 5.41 Å². The van der Waals surface area contributed by atoms with Gasteiger partial charge in [-0.2, -0.15) is 0 Å². The first-order valence-corrected chi connectivity index (χ1v) is 6.85. The molecule has 0 atom stereocenters. The number of carbonyl (C=O) groups is 1. The number of carbonyl (C=O) groups excluding carboxylic acids is 1. The van der Waals surface area contributed by atoms with Crippen LogP contribution in [0.2, 0.25) is 0 Å². The first-order valence-electron chi connectivity index (χ1n) is 6.32. The van der Waals surface area contributed by atoms with Crippen molar-refractivity contribution >= 4 is 17.5 Å².